The number of carbonyl (C=O) groups excluding carboxylic acids is 1. The monoisotopic (exact) mass is 310 g/mol. The van der Waals surface area contributed by atoms with Crippen molar-refractivity contribution in [3.63, 3.8) is 0 Å². The Morgan fingerprint density at radius 3 is 2.78 bits per heavy atom. The SMILES string of the molecule is O=C(NCCOc1ccccc1F)c1cccc2cccnc12. The molecule has 1 N–H and O–H groups in total. The molecule has 0 aliphatic carbocycles. The molecule has 1 amide bonds. The summed E-state index contributed by atoms with van der Waals surface area (Å²) in [5, 5.41) is 3.66. The number of benzene rings is 2. The molecule has 1 aromatic heterocycles. The quantitative estimate of drug-likeness (QED) is 0.736. The van der Waals surface area contributed by atoms with Crippen LogP contribution in [0.2, 0.25) is 0 Å². The Labute approximate surface area is 132 Å². The second-order valence-corrected chi connectivity index (χ2v) is 4.92. The van der Waals surface area contributed by atoms with Gasteiger partial charge in [-0.15, -0.1) is 0 Å². The number of halogens is 1. The number of hydrogen-bond acceptors (Lipinski definition) is 3. The number of rotatable bonds is 5. The number of amides is 1. The van der Waals surface area contributed by atoms with E-state index in [1.54, 1.807) is 30.5 Å². The molecule has 0 saturated carbocycles. The molecule has 0 bridgehead atoms. The van der Waals surface area contributed by atoms with E-state index in [1.807, 2.05) is 24.3 Å². The van der Waals surface area contributed by atoms with Gasteiger partial charge in [-0.25, -0.2) is 4.39 Å². The minimum atomic E-state index is -0.419. The van der Waals surface area contributed by atoms with Crippen LogP contribution >= 0.6 is 0 Å². The number of para-hydroxylation sites is 2. The molecule has 4 nitrogen and oxygen atoms in total. The summed E-state index contributed by atoms with van der Waals surface area (Å²) in [5.41, 5.74) is 1.16. The van der Waals surface area contributed by atoms with Gasteiger partial charge >= 0.3 is 0 Å². The molecule has 0 saturated heterocycles. The molecule has 0 aliphatic rings. The molecule has 3 aromatic rings. The van der Waals surface area contributed by atoms with Crippen LogP contribution in [0, 0.1) is 5.82 Å². The van der Waals surface area contributed by atoms with E-state index in [4.69, 9.17) is 4.74 Å². The Morgan fingerprint density at radius 1 is 1.09 bits per heavy atom. The number of hydrogen-bond donors (Lipinski definition) is 1. The summed E-state index contributed by atoms with van der Waals surface area (Å²) in [7, 11) is 0. The average molecular weight is 310 g/mol. The topological polar surface area (TPSA) is 51.2 Å². The highest BCUT2D eigenvalue weighted by atomic mass is 19.1. The van der Waals surface area contributed by atoms with E-state index in [9.17, 15) is 9.18 Å². The first-order valence-corrected chi connectivity index (χ1v) is 7.25. The zero-order valence-electron chi connectivity index (χ0n) is 12.3. The molecule has 0 atom stereocenters. The number of nitrogens with one attached hydrogen (secondary N) is 1. The number of nitrogens with zero attached hydrogens (tertiary/aromatic N) is 1. The minimum Gasteiger partial charge on any atom is -0.489 e. The zero-order valence-corrected chi connectivity index (χ0v) is 12.3. The Morgan fingerprint density at radius 2 is 1.91 bits per heavy atom. The fraction of sp³-hybridized carbons (Fsp3) is 0.111. The van der Waals surface area contributed by atoms with Gasteiger partial charge < -0.3 is 10.1 Å². The average Bonchev–Trinajstić information content (AvgIpc) is 2.59. The normalized spacial score (nSPS) is 10.5. The molecule has 0 aliphatic heterocycles. The summed E-state index contributed by atoms with van der Waals surface area (Å²) < 4.78 is 18.7. The molecule has 1 heterocycles. The van der Waals surface area contributed by atoms with Gasteiger partial charge in [0, 0.05) is 11.6 Å². The molecule has 0 unspecified atom stereocenters. The standard InChI is InChI=1S/C18H15FN2O2/c19-15-8-1-2-9-16(15)23-12-11-21-18(22)14-7-3-5-13-6-4-10-20-17(13)14/h1-10H,11-12H2,(H,21,22). The van der Waals surface area contributed by atoms with E-state index in [2.05, 4.69) is 10.3 Å². The van der Waals surface area contributed by atoms with Crippen molar-refractivity contribution in [2.45, 2.75) is 0 Å². The van der Waals surface area contributed by atoms with E-state index in [0.717, 1.165) is 5.39 Å². The molecule has 0 fully saturated rings. The predicted molar refractivity (Wildman–Crippen MR) is 86.0 cm³/mol. The van der Waals surface area contributed by atoms with Crippen LogP contribution < -0.4 is 10.1 Å². The van der Waals surface area contributed by atoms with Crippen LogP contribution in [0.15, 0.2) is 60.8 Å². The Balaban J connectivity index is 1.60. The van der Waals surface area contributed by atoms with Gasteiger partial charge in [0.2, 0.25) is 0 Å². The molecule has 2 aromatic carbocycles. The lowest BCUT2D eigenvalue weighted by Crippen LogP contribution is -2.28. The van der Waals surface area contributed by atoms with E-state index < -0.39 is 5.82 Å². The van der Waals surface area contributed by atoms with Crippen LogP contribution in [0.4, 0.5) is 4.39 Å². The number of fused-ring (bicyclic) bond motifs is 1. The lowest BCUT2D eigenvalue weighted by Gasteiger charge is -2.09. The number of ether oxygens (including phenoxy) is 1. The molecule has 23 heavy (non-hydrogen) atoms. The van der Waals surface area contributed by atoms with Crippen LogP contribution in [0.25, 0.3) is 10.9 Å². The van der Waals surface area contributed by atoms with Crippen molar-refractivity contribution in [3.05, 3.63) is 72.2 Å². The molecule has 0 radical (unpaired) electrons. The van der Waals surface area contributed by atoms with E-state index >= 15 is 0 Å². The van der Waals surface area contributed by atoms with Crippen molar-refractivity contribution in [2.24, 2.45) is 0 Å². The van der Waals surface area contributed by atoms with Gasteiger partial charge in [-0.1, -0.05) is 30.3 Å². The second-order valence-electron chi connectivity index (χ2n) is 4.92. The van der Waals surface area contributed by atoms with Gasteiger partial charge in [0.25, 0.3) is 5.91 Å². The van der Waals surface area contributed by atoms with Crippen molar-refractivity contribution in [1.29, 1.82) is 0 Å². The van der Waals surface area contributed by atoms with Crippen LogP contribution in [0.1, 0.15) is 10.4 Å². The third-order valence-electron chi connectivity index (χ3n) is 3.36. The summed E-state index contributed by atoms with van der Waals surface area (Å²) in [4.78, 5) is 16.5. The first-order chi connectivity index (χ1) is 11.3. The van der Waals surface area contributed by atoms with Gasteiger partial charge in [-0.2, -0.15) is 0 Å². The van der Waals surface area contributed by atoms with Gasteiger partial charge in [0.05, 0.1) is 17.6 Å². The van der Waals surface area contributed by atoms with Crippen LogP contribution in [0.5, 0.6) is 5.75 Å². The van der Waals surface area contributed by atoms with E-state index in [1.165, 1.54) is 6.07 Å². The highest BCUT2D eigenvalue weighted by molar-refractivity contribution is 6.05. The summed E-state index contributed by atoms with van der Waals surface area (Å²) in [6.45, 7) is 0.460. The largest absolute Gasteiger partial charge is 0.489 e. The van der Waals surface area contributed by atoms with Gasteiger partial charge in [0.1, 0.15) is 6.61 Å². The third kappa shape index (κ3) is 3.45. The highest BCUT2D eigenvalue weighted by Crippen LogP contribution is 2.16. The van der Waals surface area contributed by atoms with Crippen molar-refractivity contribution >= 4 is 16.8 Å². The van der Waals surface area contributed by atoms with Crippen molar-refractivity contribution in [1.82, 2.24) is 10.3 Å². The molecule has 3 rings (SSSR count). The predicted octanol–water partition coefficient (Wildman–Crippen LogP) is 3.18. The lowest BCUT2D eigenvalue weighted by molar-refractivity contribution is 0.0948. The van der Waals surface area contributed by atoms with Gasteiger partial charge in [0.15, 0.2) is 11.6 Å². The summed E-state index contributed by atoms with van der Waals surface area (Å²) in [6.07, 6.45) is 1.65. The maximum atomic E-state index is 13.4. The Bertz CT molecular complexity index is 831. The number of pyridine rings is 1. The van der Waals surface area contributed by atoms with E-state index in [0.29, 0.717) is 11.1 Å². The molecular weight excluding hydrogens is 295 g/mol. The van der Waals surface area contributed by atoms with Gasteiger partial charge in [-0.3, -0.25) is 9.78 Å². The van der Waals surface area contributed by atoms with Crippen molar-refractivity contribution in [3.8, 4) is 5.75 Å². The van der Waals surface area contributed by atoms with Crippen LogP contribution in [-0.2, 0) is 0 Å². The maximum absolute atomic E-state index is 13.4. The molecule has 0 spiro atoms. The summed E-state index contributed by atoms with van der Waals surface area (Å²) >= 11 is 0. The lowest BCUT2D eigenvalue weighted by atomic mass is 10.1. The van der Waals surface area contributed by atoms with Crippen LogP contribution in [0.3, 0.4) is 0 Å². The fourth-order valence-electron chi connectivity index (χ4n) is 2.27. The van der Waals surface area contributed by atoms with Crippen molar-refractivity contribution in [2.75, 3.05) is 13.2 Å². The minimum absolute atomic E-state index is 0.175. The first-order valence-electron chi connectivity index (χ1n) is 7.25. The third-order valence-corrected chi connectivity index (χ3v) is 3.36. The van der Waals surface area contributed by atoms with Gasteiger partial charge in [-0.05, 0) is 24.3 Å². The molecule has 5 heteroatoms. The Hall–Kier alpha value is -2.95. The first kappa shape index (κ1) is 15.0. The molecular formula is C18H15FN2O2. The summed E-state index contributed by atoms with van der Waals surface area (Å²) in [5.74, 6) is -0.475. The Kier molecular flexibility index (Phi) is 4.47. The zero-order chi connectivity index (χ0) is 16.1. The van der Waals surface area contributed by atoms with E-state index in [-0.39, 0.29) is 24.8 Å². The number of carbonyl (C=O) groups is 1. The number of aromatic nitrogens is 1. The highest BCUT2D eigenvalue weighted by Gasteiger charge is 2.10. The molecule has 116 valence electrons. The smallest absolute Gasteiger partial charge is 0.253 e. The van der Waals surface area contributed by atoms with Crippen LogP contribution in [-0.4, -0.2) is 24.0 Å². The fourth-order valence-corrected chi connectivity index (χ4v) is 2.27. The maximum Gasteiger partial charge on any atom is 0.253 e. The summed E-state index contributed by atoms with van der Waals surface area (Å²) in [6, 6.07) is 15.3. The second kappa shape index (κ2) is 6.87. The van der Waals surface area contributed by atoms with Crippen molar-refractivity contribution < 1.29 is 13.9 Å².